The Balaban J connectivity index is 2.18. The number of quaternary nitrogens is 1. The highest BCUT2D eigenvalue weighted by Crippen LogP contribution is 2.06. The van der Waals surface area contributed by atoms with E-state index in [0.29, 0.717) is 13.2 Å². The van der Waals surface area contributed by atoms with Crippen LogP contribution in [0.3, 0.4) is 0 Å². The van der Waals surface area contributed by atoms with E-state index in [0.717, 1.165) is 25.9 Å². The fourth-order valence-corrected chi connectivity index (χ4v) is 1.98. The summed E-state index contributed by atoms with van der Waals surface area (Å²) in [6.45, 7) is 5.02. The number of carbonyl (C=O) groups is 1. The predicted octanol–water partition coefficient (Wildman–Crippen LogP) is 0.426. The van der Waals surface area contributed by atoms with Crippen LogP contribution in [0.1, 0.15) is 39.0 Å². The van der Waals surface area contributed by atoms with Crippen LogP contribution in [0.25, 0.3) is 0 Å². The van der Waals surface area contributed by atoms with Gasteiger partial charge in [-0.25, -0.2) is 0 Å². The molecule has 0 bridgehead atoms. The maximum atomic E-state index is 12.0. The molecule has 0 aromatic heterocycles. The number of rotatable bonds is 6. The van der Waals surface area contributed by atoms with Gasteiger partial charge in [0.1, 0.15) is 0 Å². The Kier molecular flexibility index (Phi) is 6.42. The molecular weight excluding hydrogens is 204 g/mol. The fourth-order valence-electron chi connectivity index (χ4n) is 1.98. The first-order chi connectivity index (χ1) is 7.75. The highest BCUT2D eigenvalue weighted by atomic mass is 16.5. The molecule has 0 spiro atoms. The minimum absolute atomic E-state index is 0.0602. The van der Waals surface area contributed by atoms with Crippen LogP contribution in [0.2, 0.25) is 0 Å². The Hall–Kier alpha value is -0.610. The van der Waals surface area contributed by atoms with Gasteiger partial charge in [-0.3, -0.25) is 4.79 Å². The third-order valence-electron chi connectivity index (χ3n) is 3.08. The van der Waals surface area contributed by atoms with E-state index in [-0.39, 0.29) is 11.9 Å². The molecule has 1 unspecified atom stereocenters. The summed E-state index contributed by atoms with van der Waals surface area (Å²) in [5, 5.41) is 0. The molecule has 1 aliphatic rings. The van der Waals surface area contributed by atoms with Crippen molar-refractivity contribution in [2.75, 3.05) is 26.3 Å². The topological polar surface area (TPSA) is 57.2 Å². The molecule has 1 atom stereocenters. The van der Waals surface area contributed by atoms with Gasteiger partial charge >= 0.3 is 0 Å². The van der Waals surface area contributed by atoms with Gasteiger partial charge in [0.05, 0.1) is 13.2 Å². The number of carbonyl (C=O) groups excluding carboxylic acids is 1. The van der Waals surface area contributed by atoms with Crippen LogP contribution in [-0.4, -0.2) is 43.2 Å². The number of hydrogen-bond donors (Lipinski definition) is 1. The van der Waals surface area contributed by atoms with Crippen LogP contribution in [0, 0.1) is 0 Å². The van der Waals surface area contributed by atoms with Crippen LogP contribution in [0.5, 0.6) is 0 Å². The molecule has 3 N–H and O–H groups in total. The molecule has 1 rings (SSSR count). The summed E-state index contributed by atoms with van der Waals surface area (Å²) in [4.78, 5) is 13.9. The predicted molar refractivity (Wildman–Crippen MR) is 62.8 cm³/mol. The van der Waals surface area contributed by atoms with Crippen molar-refractivity contribution in [1.82, 2.24) is 4.90 Å². The standard InChI is InChI=1S/C12H24N2O2/c1-2-3-4-5-6-11(13)12(15)14-7-9-16-10-8-14/h11H,2-10,13H2,1H3/p+1. The Morgan fingerprint density at radius 3 is 2.62 bits per heavy atom. The second-order valence-corrected chi connectivity index (χ2v) is 4.48. The SMILES string of the molecule is CCCCCCC([NH3+])C(=O)N1CCOCC1. The van der Waals surface area contributed by atoms with Crippen molar-refractivity contribution in [3.63, 3.8) is 0 Å². The van der Waals surface area contributed by atoms with E-state index in [1.165, 1.54) is 19.3 Å². The van der Waals surface area contributed by atoms with Crippen molar-refractivity contribution in [1.29, 1.82) is 0 Å². The number of nitrogens with zero attached hydrogens (tertiary/aromatic N) is 1. The van der Waals surface area contributed by atoms with Gasteiger partial charge in [0.15, 0.2) is 6.04 Å². The van der Waals surface area contributed by atoms with Gasteiger partial charge < -0.3 is 15.4 Å². The molecule has 1 saturated heterocycles. The van der Waals surface area contributed by atoms with Crippen LogP contribution in [-0.2, 0) is 9.53 Å². The van der Waals surface area contributed by atoms with Gasteiger partial charge in [-0.2, -0.15) is 0 Å². The van der Waals surface area contributed by atoms with Crippen LogP contribution >= 0.6 is 0 Å². The summed E-state index contributed by atoms with van der Waals surface area (Å²) in [6.07, 6.45) is 5.77. The summed E-state index contributed by atoms with van der Waals surface area (Å²) in [6, 6.07) is -0.0602. The fraction of sp³-hybridized carbons (Fsp3) is 0.917. The monoisotopic (exact) mass is 229 g/mol. The zero-order chi connectivity index (χ0) is 11.8. The third-order valence-corrected chi connectivity index (χ3v) is 3.08. The number of ether oxygens (including phenoxy) is 1. The van der Waals surface area contributed by atoms with Crippen LogP contribution in [0.4, 0.5) is 0 Å². The van der Waals surface area contributed by atoms with Gasteiger partial charge in [-0.1, -0.05) is 26.2 Å². The average molecular weight is 229 g/mol. The molecular formula is C12H25N2O2+. The molecule has 0 radical (unpaired) electrons. The van der Waals surface area contributed by atoms with E-state index >= 15 is 0 Å². The van der Waals surface area contributed by atoms with E-state index in [4.69, 9.17) is 4.74 Å². The molecule has 94 valence electrons. The molecule has 4 heteroatoms. The summed E-state index contributed by atoms with van der Waals surface area (Å²) in [5.74, 6) is 0.208. The molecule has 4 nitrogen and oxygen atoms in total. The summed E-state index contributed by atoms with van der Waals surface area (Å²) < 4.78 is 5.23. The zero-order valence-corrected chi connectivity index (χ0v) is 10.4. The Bertz CT molecular complexity index is 203. The number of hydrogen-bond acceptors (Lipinski definition) is 2. The van der Waals surface area contributed by atoms with Gasteiger partial charge in [0.25, 0.3) is 5.91 Å². The molecule has 0 aliphatic carbocycles. The largest absolute Gasteiger partial charge is 0.378 e. The van der Waals surface area contributed by atoms with Crippen molar-refractivity contribution < 1.29 is 15.3 Å². The summed E-state index contributed by atoms with van der Waals surface area (Å²) in [5.41, 5.74) is 3.98. The van der Waals surface area contributed by atoms with Crippen molar-refractivity contribution >= 4 is 5.91 Å². The van der Waals surface area contributed by atoms with Crippen molar-refractivity contribution in [3.8, 4) is 0 Å². The molecule has 0 saturated carbocycles. The van der Waals surface area contributed by atoms with Gasteiger partial charge in [-0.15, -0.1) is 0 Å². The Labute approximate surface area is 98.1 Å². The first-order valence-corrected chi connectivity index (χ1v) is 6.45. The van der Waals surface area contributed by atoms with Crippen LogP contribution < -0.4 is 5.73 Å². The van der Waals surface area contributed by atoms with Crippen molar-refractivity contribution in [2.45, 2.75) is 45.1 Å². The minimum atomic E-state index is -0.0602. The van der Waals surface area contributed by atoms with Crippen molar-refractivity contribution in [2.24, 2.45) is 0 Å². The molecule has 1 aliphatic heterocycles. The molecule has 16 heavy (non-hydrogen) atoms. The minimum Gasteiger partial charge on any atom is -0.378 e. The van der Waals surface area contributed by atoms with E-state index in [2.05, 4.69) is 12.7 Å². The maximum absolute atomic E-state index is 12.0. The van der Waals surface area contributed by atoms with E-state index in [1.807, 2.05) is 4.90 Å². The number of unbranched alkanes of at least 4 members (excludes halogenated alkanes) is 3. The lowest BCUT2D eigenvalue weighted by atomic mass is 10.1. The summed E-state index contributed by atoms with van der Waals surface area (Å²) in [7, 11) is 0. The Morgan fingerprint density at radius 2 is 2.00 bits per heavy atom. The first kappa shape index (κ1) is 13.5. The molecule has 1 fully saturated rings. The van der Waals surface area contributed by atoms with E-state index < -0.39 is 0 Å². The normalized spacial score (nSPS) is 18.5. The second kappa shape index (κ2) is 7.63. The quantitative estimate of drug-likeness (QED) is 0.671. The lowest BCUT2D eigenvalue weighted by Crippen LogP contribution is -2.68. The van der Waals surface area contributed by atoms with Gasteiger partial charge in [0.2, 0.25) is 0 Å². The molecule has 0 aromatic carbocycles. The van der Waals surface area contributed by atoms with E-state index in [1.54, 1.807) is 0 Å². The highest BCUT2D eigenvalue weighted by Gasteiger charge is 2.24. The molecule has 1 heterocycles. The maximum Gasteiger partial charge on any atom is 0.280 e. The highest BCUT2D eigenvalue weighted by molar-refractivity contribution is 5.80. The van der Waals surface area contributed by atoms with Gasteiger partial charge in [0, 0.05) is 19.5 Å². The Morgan fingerprint density at radius 1 is 1.31 bits per heavy atom. The molecule has 0 aromatic rings. The lowest BCUT2D eigenvalue weighted by Gasteiger charge is -2.27. The summed E-state index contributed by atoms with van der Waals surface area (Å²) >= 11 is 0. The zero-order valence-electron chi connectivity index (χ0n) is 10.4. The second-order valence-electron chi connectivity index (χ2n) is 4.48. The first-order valence-electron chi connectivity index (χ1n) is 6.45. The van der Waals surface area contributed by atoms with Gasteiger partial charge in [-0.05, 0) is 6.42 Å². The molecule has 1 amide bonds. The average Bonchev–Trinajstić information content (AvgIpc) is 2.34. The number of morpholine rings is 1. The lowest BCUT2D eigenvalue weighted by molar-refractivity contribution is -0.407. The number of amides is 1. The smallest absolute Gasteiger partial charge is 0.280 e. The van der Waals surface area contributed by atoms with Crippen LogP contribution in [0.15, 0.2) is 0 Å². The van der Waals surface area contributed by atoms with E-state index in [9.17, 15) is 4.79 Å². The third kappa shape index (κ3) is 4.49. The van der Waals surface area contributed by atoms with Crippen molar-refractivity contribution in [3.05, 3.63) is 0 Å².